The summed E-state index contributed by atoms with van der Waals surface area (Å²) in [5.41, 5.74) is 3.57. The van der Waals surface area contributed by atoms with Crippen LogP contribution in [-0.4, -0.2) is 5.97 Å². The molecule has 0 saturated carbocycles. The van der Waals surface area contributed by atoms with Gasteiger partial charge in [-0.3, -0.25) is 4.79 Å². The maximum absolute atomic E-state index is 10.8. The quantitative estimate of drug-likeness (QED) is 0.500. The molecule has 2 nitrogen and oxygen atoms in total. The van der Waals surface area contributed by atoms with Crippen LogP contribution in [-0.2, 0) is 11.2 Å². The fraction of sp³-hybridized carbons (Fsp3) is 0.250. The molecule has 1 aromatic rings. The van der Waals surface area contributed by atoms with E-state index < -0.39 is 0 Å². The summed E-state index contributed by atoms with van der Waals surface area (Å²) in [5, 5.41) is 0. The smallest absolute Gasteiger partial charge is 0.308 e. The largest absolute Gasteiger partial charge is 0.426 e. The first-order chi connectivity index (χ1) is 6.68. The predicted octanol–water partition coefficient (Wildman–Crippen LogP) is 2.49. The van der Waals surface area contributed by atoms with Crippen molar-refractivity contribution >= 4 is 12.0 Å². The van der Waals surface area contributed by atoms with Crippen molar-refractivity contribution < 1.29 is 9.53 Å². The lowest BCUT2D eigenvalue weighted by Crippen LogP contribution is -2.04. The minimum Gasteiger partial charge on any atom is -0.426 e. The number of allylic oxidation sites excluding steroid dienone is 1. The lowest BCUT2D eigenvalue weighted by atomic mass is 10.0. The number of fused-ring (bicyclic) bond motifs is 1. The molecule has 1 aromatic carbocycles. The summed E-state index contributed by atoms with van der Waals surface area (Å²) in [6.45, 7) is 3.41. The molecule has 0 saturated heterocycles. The molecule has 1 aliphatic rings. The molecule has 0 fully saturated rings. The van der Waals surface area contributed by atoms with Gasteiger partial charge in [-0.15, -0.1) is 0 Å². The topological polar surface area (TPSA) is 26.3 Å². The van der Waals surface area contributed by atoms with Crippen LogP contribution in [0.5, 0.6) is 5.75 Å². The average molecular weight is 188 g/mol. The lowest BCUT2D eigenvalue weighted by Gasteiger charge is -2.09. The summed E-state index contributed by atoms with van der Waals surface area (Å²) in [7, 11) is 0. The summed E-state index contributed by atoms with van der Waals surface area (Å²) < 4.78 is 5.10. The molecule has 0 radical (unpaired) electrons. The fourth-order valence-corrected chi connectivity index (χ4v) is 1.75. The second kappa shape index (κ2) is 3.29. The van der Waals surface area contributed by atoms with Gasteiger partial charge in [-0.2, -0.15) is 0 Å². The van der Waals surface area contributed by atoms with E-state index in [0.717, 1.165) is 12.0 Å². The molecule has 0 spiro atoms. The van der Waals surface area contributed by atoms with Gasteiger partial charge in [-0.05, 0) is 36.1 Å². The summed E-state index contributed by atoms with van der Waals surface area (Å²) in [4.78, 5) is 10.8. The summed E-state index contributed by atoms with van der Waals surface area (Å²) in [5.74, 6) is 0.416. The maximum Gasteiger partial charge on any atom is 0.308 e. The Morgan fingerprint density at radius 3 is 2.93 bits per heavy atom. The van der Waals surface area contributed by atoms with Gasteiger partial charge in [0.1, 0.15) is 5.75 Å². The first-order valence-corrected chi connectivity index (χ1v) is 4.66. The van der Waals surface area contributed by atoms with Crippen molar-refractivity contribution in [3.05, 3.63) is 34.9 Å². The van der Waals surface area contributed by atoms with E-state index in [1.54, 1.807) is 0 Å². The highest BCUT2D eigenvalue weighted by atomic mass is 16.5. The highest BCUT2D eigenvalue weighted by Gasteiger charge is 2.12. The summed E-state index contributed by atoms with van der Waals surface area (Å²) in [6.07, 6.45) is 5.16. The zero-order valence-electron chi connectivity index (χ0n) is 8.33. The molecule has 2 rings (SSSR count). The molecule has 0 unspecified atom stereocenters. The Morgan fingerprint density at radius 1 is 1.43 bits per heavy atom. The summed E-state index contributed by atoms with van der Waals surface area (Å²) in [6, 6.07) is 3.84. The number of esters is 1. The van der Waals surface area contributed by atoms with Crippen LogP contribution >= 0.6 is 0 Å². The zero-order chi connectivity index (χ0) is 10.1. The lowest BCUT2D eigenvalue weighted by molar-refractivity contribution is -0.131. The third kappa shape index (κ3) is 1.43. The van der Waals surface area contributed by atoms with E-state index in [1.807, 2.05) is 19.1 Å². The highest BCUT2D eigenvalue weighted by molar-refractivity contribution is 5.71. The standard InChI is InChI=1S/C12H12O2/c1-8-11-5-3-4-10(11)6-7-12(8)14-9(2)13/h3-4,6-7H,5H2,1-2H3. The van der Waals surface area contributed by atoms with Crippen molar-refractivity contribution in [2.75, 3.05) is 0 Å². The molecule has 1 aliphatic carbocycles. The Labute approximate surface area is 83.2 Å². The second-order valence-electron chi connectivity index (χ2n) is 3.46. The molecule has 0 bridgehead atoms. The van der Waals surface area contributed by atoms with Crippen molar-refractivity contribution in [3.8, 4) is 5.75 Å². The van der Waals surface area contributed by atoms with E-state index in [-0.39, 0.29) is 5.97 Å². The van der Waals surface area contributed by atoms with Crippen molar-refractivity contribution in [2.45, 2.75) is 20.3 Å². The van der Waals surface area contributed by atoms with Crippen LogP contribution in [0, 0.1) is 6.92 Å². The molecule has 0 heterocycles. The van der Waals surface area contributed by atoms with E-state index in [1.165, 1.54) is 18.1 Å². The van der Waals surface area contributed by atoms with Crippen LogP contribution in [0.25, 0.3) is 6.08 Å². The third-order valence-electron chi connectivity index (χ3n) is 2.46. The Hall–Kier alpha value is -1.57. The van der Waals surface area contributed by atoms with Gasteiger partial charge >= 0.3 is 5.97 Å². The average Bonchev–Trinajstić information content (AvgIpc) is 2.57. The molecule has 0 aliphatic heterocycles. The number of rotatable bonds is 1. The van der Waals surface area contributed by atoms with Crippen LogP contribution in [0.4, 0.5) is 0 Å². The Bertz CT molecular complexity index is 417. The van der Waals surface area contributed by atoms with Crippen molar-refractivity contribution in [1.82, 2.24) is 0 Å². The minimum atomic E-state index is -0.265. The van der Waals surface area contributed by atoms with Gasteiger partial charge in [-0.1, -0.05) is 18.2 Å². The van der Waals surface area contributed by atoms with Crippen molar-refractivity contribution in [1.29, 1.82) is 0 Å². The highest BCUT2D eigenvalue weighted by Crippen LogP contribution is 2.29. The number of hydrogen-bond donors (Lipinski definition) is 0. The van der Waals surface area contributed by atoms with E-state index in [9.17, 15) is 4.79 Å². The minimum absolute atomic E-state index is 0.265. The Balaban J connectivity index is 2.42. The van der Waals surface area contributed by atoms with Gasteiger partial charge < -0.3 is 4.74 Å². The molecule has 0 N–H and O–H groups in total. The van der Waals surface area contributed by atoms with E-state index in [2.05, 4.69) is 12.2 Å². The van der Waals surface area contributed by atoms with E-state index in [4.69, 9.17) is 4.74 Å². The maximum atomic E-state index is 10.8. The zero-order valence-corrected chi connectivity index (χ0v) is 8.33. The third-order valence-corrected chi connectivity index (χ3v) is 2.46. The number of ether oxygens (including phenoxy) is 1. The molecular weight excluding hydrogens is 176 g/mol. The fourth-order valence-electron chi connectivity index (χ4n) is 1.75. The van der Waals surface area contributed by atoms with Gasteiger partial charge in [-0.25, -0.2) is 0 Å². The molecule has 0 atom stereocenters. The van der Waals surface area contributed by atoms with Crippen LogP contribution in [0.3, 0.4) is 0 Å². The van der Waals surface area contributed by atoms with Gasteiger partial charge in [0, 0.05) is 6.92 Å². The number of benzene rings is 1. The number of hydrogen-bond acceptors (Lipinski definition) is 2. The molecule has 0 aromatic heterocycles. The van der Waals surface area contributed by atoms with Crippen molar-refractivity contribution in [3.63, 3.8) is 0 Å². The molecule has 72 valence electrons. The SMILES string of the molecule is CC(=O)Oc1ccc2c(c1C)CC=C2. The summed E-state index contributed by atoms with van der Waals surface area (Å²) >= 11 is 0. The van der Waals surface area contributed by atoms with Gasteiger partial charge in [0.05, 0.1) is 0 Å². The molecule has 14 heavy (non-hydrogen) atoms. The molecular formula is C12H12O2. The predicted molar refractivity (Wildman–Crippen MR) is 55.2 cm³/mol. The molecule has 2 heteroatoms. The monoisotopic (exact) mass is 188 g/mol. The van der Waals surface area contributed by atoms with Crippen LogP contribution in [0.15, 0.2) is 18.2 Å². The van der Waals surface area contributed by atoms with Crippen LogP contribution in [0.2, 0.25) is 0 Å². The first-order valence-electron chi connectivity index (χ1n) is 4.66. The van der Waals surface area contributed by atoms with Gasteiger partial charge in [0.25, 0.3) is 0 Å². The Morgan fingerprint density at radius 2 is 2.21 bits per heavy atom. The second-order valence-corrected chi connectivity index (χ2v) is 3.46. The number of carbonyl (C=O) groups is 1. The van der Waals surface area contributed by atoms with E-state index in [0.29, 0.717) is 5.75 Å². The normalized spacial score (nSPS) is 12.7. The van der Waals surface area contributed by atoms with Gasteiger partial charge in [0.2, 0.25) is 0 Å². The van der Waals surface area contributed by atoms with Crippen LogP contribution in [0.1, 0.15) is 23.6 Å². The Kier molecular flexibility index (Phi) is 2.12. The molecule has 0 amide bonds. The van der Waals surface area contributed by atoms with E-state index >= 15 is 0 Å². The van der Waals surface area contributed by atoms with Crippen molar-refractivity contribution in [2.24, 2.45) is 0 Å². The number of carbonyl (C=O) groups excluding carboxylic acids is 1. The van der Waals surface area contributed by atoms with Gasteiger partial charge in [0.15, 0.2) is 0 Å². The van der Waals surface area contributed by atoms with Crippen LogP contribution < -0.4 is 4.74 Å². The first kappa shape index (κ1) is 9.00.